The Kier molecular flexibility index (Phi) is 5.66. The number of aromatic nitrogens is 4. The maximum absolute atomic E-state index is 12.4. The molecule has 0 aliphatic carbocycles. The van der Waals surface area contributed by atoms with Crippen LogP contribution < -0.4 is 14.8 Å². The van der Waals surface area contributed by atoms with Gasteiger partial charge in [-0.15, -0.1) is 0 Å². The van der Waals surface area contributed by atoms with Crippen LogP contribution >= 0.6 is 11.8 Å². The number of benzene rings is 1. The number of carbonyl (C=O) groups excluding carboxylic acids is 1. The summed E-state index contributed by atoms with van der Waals surface area (Å²) in [6, 6.07) is 7.48. The van der Waals surface area contributed by atoms with E-state index < -0.39 is 0 Å². The molecule has 0 bridgehead atoms. The molecule has 2 aromatic heterocycles. The van der Waals surface area contributed by atoms with Crippen molar-refractivity contribution in [3.05, 3.63) is 47.9 Å². The van der Waals surface area contributed by atoms with E-state index in [9.17, 15) is 4.79 Å². The van der Waals surface area contributed by atoms with Crippen molar-refractivity contribution >= 4 is 17.7 Å². The zero-order chi connectivity index (χ0) is 20.2. The van der Waals surface area contributed by atoms with Gasteiger partial charge >= 0.3 is 0 Å². The first-order valence-corrected chi connectivity index (χ1v) is 10.6. The van der Waals surface area contributed by atoms with E-state index in [1.165, 1.54) is 0 Å². The Hall–Kier alpha value is -3.07. The number of nitrogens with zero attached hydrogens (tertiary/aromatic N) is 4. The van der Waals surface area contributed by atoms with Crippen LogP contribution in [0.3, 0.4) is 0 Å². The fourth-order valence-electron chi connectivity index (χ4n) is 3.01. The molecule has 0 saturated carbocycles. The number of carbonyl (C=O) groups is 1. The topological polar surface area (TPSA) is 91.2 Å². The lowest BCUT2D eigenvalue weighted by Crippen LogP contribution is -2.25. The summed E-state index contributed by atoms with van der Waals surface area (Å²) in [6.45, 7) is 2.70. The Morgan fingerprint density at radius 1 is 1.28 bits per heavy atom. The minimum absolute atomic E-state index is 0.137. The molecule has 0 radical (unpaired) electrons. The maximum Gasteiger partial charge on any atom is 0.254 e. The van der Waals surface area contributed by atoms with Crippen molar-refractivity contribution in [2.45, 2.75) is 13.3 Å². The maximum atomic E-state index is 12.4. The van der Waals surface area contributed by atoms with Gasteiger partial charge in [0.15, 0.2) is 11.5 Å². The Morgan fingerprint density at radius 2 is 2.14 bits per heavy atom. The molecular formula is C20H21N5O3S. The van der Waals surface area contributed by atoms with Crippen LogP contribution in [-0.2, 0) is 0 Å². The first-order chi connectivity index (χ1) is 14.2. The van der Waals surface area contributed by atoms with Crippen LogP contribution in [0.2, 0.25) is 0 Å². The molecule has 3 heterocycles. The Bertz CT molecular complexity index is 1040. The number of fused-ring (bicyclic) bond motifs is 1. The highest BCUT2D eigenvalue weighted by molar-refractivity contribution is 7.98. The van der Waals surface area contributed by atoms with Crippen molar-refractivity contribution in [1.29, 1.82) is 0 Å². The van der Waals surface area contributed by atoms with Gasteiger partial charge in [-0.1, -0.05) is 0 Å². The van der Waals surface area contributed by atoms with Crippen molar-refractivity contribution in [3.8, 4) is 28.7 Å². The largest absolute Gasteiger partial charge is 0.454 e. The summed E-state index contributed by atoms with van der Waals surface area (Å²) < 4.78 is 12.4. The smallest absolute Gasteiger partial charge is 0.254 e. The number of hydrogen-bond donors (Lipinski definition) is 1. The fourth-order valence-corrected chi connectivity index (χ4v) is 3.45. The summed E-state index contributed by atoms with van der Waals surface area (Å²) in [5, 5.41) is 7.25. The first kappa shape index (κ1) is 19.3. The number of thioether (sulfide) groups is 1. The van der Waals surface area contributed by atoms with E-state index in [-0.39, 0.29) is 12.7 Å². The minimum atomic E-state index is -0.137. The van der Waals surface area contributed by atoms with Crippen molar-refractivity contribution < 1.29 is 14.3 Å². The van der Waals surface area contributed by atoms with Crippen molar-refractivity contribution in [1.82, 2.24) is 25.1 Å². The molecule has 29 heavy (non-hydrogen) atoms. The predicted octanol–water partition coefficient (Wildman–Crippen LogP) is 2.85. The molecule has 4 rings (SSSR count). The van der Waals surface area contributed by atoms with Crippen LogP contribution in [-0.4, -0.2) is 51.0 Å². The second-order valence-corrected chi connectivity index (χ2v) is 7.45. The molecule has 0 atom stereocenters. The molecular weight excluding hydrogens is 390 g/mol. The van der Waals surface area contributed by atoms with Crippen LogP contribution in [0.5, 0.6) is 11.5 Å². The van der Waals surface area contributed by atoms with Gasteiger partial charge in [0, 0.05) is 18.3 Å². The second kappa shape index (κ2) is 8.52. The van der Waals surface area contributed by atoms with Gasteiger partial charge in [0.1, 0.15) is 0 Å². The van der Waals surface area contributed by atoms with Crippen LogP contribution in [0.4, 0.5) is 0 Å². The van der Waals surface area contributed by atoms with E-state index >= 15 is 0 Å². The zero-order valence-electron chi connectivity index (χ0n) is 16.2. The molecule has 3 aromatic rings. The molecule has 1 N–H and O–H groups in total. The Labute approximate surface area is 172 Å². The highest BCUT2D eigenvalue weighted by atomic mass is 32.2. The van der Waals surface area contributed by atoms with E-state index in [0.29, 0.717) is 29.5 Å². The van der Waals surface area contributed by atoms with Gasteiger partial charge in [0.2, 0.25) is 6.79 Å². The summed E-state index contributed by atoms with van der Waals surface area (Å²) in [5.74, 6) is 2.69. The van der Waals surface area contributed by atoms with Gasteiger partial charge in [-0.05, 0) is 49.6 Å². The normalized spacial score (nSPS) is 12.2. The molecule has 0 saturated heterocycles. The molecule has 0 fully saturated rings. The van der Waals surface area contributed by atoms with Crippen LogP contribution in [0.1, 0.15) is 22.5 Å². The van der Waals surface area contributed by atoms with Crippen LogP contribution in [0, 0.1) is 6.92 Å². The quantitative estimate of drug-likeness (QED) is 0.598. The van der Waals surface area contributed by atoms with Crippen molar-refractivity contribution in [3.63, 3.8) is 0 Å². The van der Waals surface area contributed by atoms with Gasteiger partial charge in [0.25, 0.3) is 11.9 Å². The SMILES string of the molecule is CSCCCNC(=O)c1cnn(-c2nccc(-c3ccc4c(c3)OCO4)n2)c1C. The molecule has 1 aromatic carbocycles. The Morgan fingerprint density at radius 3 is 3.00 bits per heavy atom. The lowest BCUT2D eigenvalue weighted by molar-refractivity contribution is 0.0953. The van der Waals surface area contributed by atoms with Crippen molar-refractivity contribution in [2.24, 2.45) is 0 Å². The molecule has 1 aliphatic rings. The van der Waals surface area contributed by atoms with Crippen LogP contribution in [0.15, 0.2) is 36.7 Å². The predicted molar refractivity (Wildman–Crippen MR) is 111 cm³/mol. The number of rotatable bonds is 7. The highest BCUT2D eigenvalue weighted by Gasteiger charge is 2.18. The van der Waals surface area contributed by atoms with E-state index in [1.54, 1.807) is 28.8 Å². The highest BCUT2D eigenvalue weighted by Crippen LogP contribution is 2.35. The molecule has 9 heteroatoms. The molecule has 8 nitrogen and oxygen atoms in total. The van der Waals surface area contributed by atoms with E-state index in [2.05, 4.69) is 20.4 Å². The Balaban J connectivity index is 1.56. The third-order valence-corrected chi connectivity index (χ3v) is 5.26. The summed E-state index contributed by atoms with van der Waals surface area (Å²) in [7, 11) is 0. The van der Waals surface area contributed by atoms with Gasteiger partial charge in [0.05, 0.1) is 23.1 Å². The lowest BCUT2D eigenvalue weighted by atomic mass is 10.1. The summed E-state index contributed by atoms with van der Waals surface area (Å²) in [5.41, 5.74) is 2.82. The number of ether oxygens (including phenoxy) is 2. The summed E-state index contributed by atoms with van der Waals surface area (Å²) in [6.07, 6.45) is 6.20. The first-order valence-electron chi connectivity index (χ1n) is 9.22. The molecule has 1 aliphatic heterocycles. The summed E-state index contributed by atoms with van der Waals surface area (Å²) >= 11 is 1.76. The van der Waals surface area contributed by atoms with Gasteiger partial charge in [-0.3, -0.25) is 4.79 Å². The van der Waals surface area contributed by atoms with E-state index in [1.807, 2.05) is 37.4 Å². The summed E-state index contributed by atoms with van der Waals surface area (Å²) in [4.78, 5) is 21.4. The molecule has 150 valence electrons. The van der Waals surface area contributed by atoms with E-state index in [0.717, 1.165) is 29.2 Å². The zero-order valence-corrected chi connectivity index (χ0v) is 17.0. The number of hydrogen-bond acceptors (Lipinski definition) is 7. The van der Waals surface area contributed by atoms with Crippen molar-refractivity contribution in [2.75, 3.05) is 25.3 Å². The third kappa shape index (κ3) is 4.04. The van der Waals surface area contributed by atoms with E-state index in [4.69, 9.17) is 9.47 Å². The number of amides is 1. The monoisotopic (exact) mass is 411 g/mol. The lowest BCUT2D eigenvalue weighted by Gasteiger charge is -2.07. The average Bonchev–Trinajstić information content (AvgIpc) is 3.37. The van der Waals surface area contributed by atoms with Gasteiger partial charge in [-0.25, -0.2) is 14.6 Å². The van der Waals surface area contributed by atoms with Gasteiger partial charge < -0.3 is 14.8 Å². The fraction of sp³-hybridized carbons (Fsp3) is 0.300. The molecule has 1 amide bonds. The third-order valence-electron chi connectivity index (χ3n) is 4.57. The van der Waals surface area contributed by atoms with Crippen LogP contribution in [0.25, 0.3) is 17.2 Å². The molecule has 0 spiro atoms. The standard InChI is InChI=1S/C20H21N5O3S/c1-13-15(19(26)21-7-3-9-29-2)11-23-25(13)20-22-8-6-16(24-20)14-4-5-17-18(10-14)28-12-27-17/h4-6,8,10-11H,3,7,9,12H2,1-2H3,(H,21,26). The molecule has 0 unspecified atom stereocenters. The minimum Gasteiger partial charge on any atom is -0.454 e. The number of nitrogens with one attached hydrogen (secondary N) is 1. The van der Waals surface area contributed by atoms with Gasteiger partial charge in [-0.2, -0.15) is 16.9 Å². The second-order valence-electron chi connectivity index (χ2n) is 6.47. The average molecular weight is 411 g/mol.